The zero-order chi connectivity index (χ0) is 14.0. The van der Waals surface area contributed by atoms with Crippen molar-refractivity contribution in [3.8, 4) is 0 Å². The third-order valence-corrected chi connectivity index (χ3v) is 4.62. The first-order valence-corrected chi connectivity index (χ1v) is 7.35. The number of nitrogens with zero attached hydrogens (tertiary/aromatic N) is 1. The van der Waals surface area contributed by atoms with Gasteiger partial charge in [-0.15, -0.1) is 0 Å². The predicted molar refractivity (Wildman–Crippen MR) is 81.9 cm³/mol. The smallest absolute Gasteiger partial charge is 0.244 e. The number of thioether (sulfide) groups is 1. The molecule has 0 atom stereocenters. The second-order valence-corrected chi connectivity index (χ2v) is 6.08. The summed E-state index contributed by atoms with van der Waals surface area (Å²) in [5.74, 6) is -0.256. The number of anilines is 1. The van der Waals surface area contributed by atoms with Crippen LogP contribution >= 0.6 is 47.2 Å². The lowest BCUT2D eigenvalue weighted by Crippen LogP contribution is -2.36. The molecule has 0 spiro atoms. The molecule has 0 bridgehead atoms. The second-order valence-electron chi connectivity index (χ2n) is 3.68. The van der Waals surface area contributed by atoms with E-state index < -0.39 is 0 Å². The molecule has 0 aromatic heterocycles. The molecule has 0 radical (unpaired) electrons. The molecular formula is C11H8Cl2N2O2S2. The number of hydrogen-bond donors (Lipinski definition) is 1. The highest BCUT2D eigenvalue weighted by molar-refractivity contribution is 8.23. The standard InChI is InChI=1S/C11H8Cl2N2O2S2/c12-6-2-1-3-7(10(6)13)14-8(16)4-15-9(17)5-19-11(15)18/h1-3H,4-5H2,(H,14,16). The van der Waals surface area contributed by atoms with Crippen molar-refractivity contribution in [2.24, 2.45) is 0 Å². The van der Waals surface area contributed by atoms with Crippen LogP contribution in [-0.2, 0) is 9.59 Å². The van der Waals surface area contributed by atoms with Crippen LogP contribution in [0.5, 0.6) is 0 Å². The van der Waals surface area contributed by atoms with Crippen molar-refractivity contribution in [2.45, 2.75) is 0 Å². The van der Waals surface area contributed by atoms with Crippen molar-refractivity contribution in [2.75, 3.05) is 17.6 Å². The van der Waals surface area contributed by atoms with Crippen LogP contribution in [0.3, 0.4) is 0 Å². The zero-order valence-corrected chi connectivity index (χ0v) is 12.6. The zero-order valence-electron chi connectivity index (χ0n) is 9.48. The molecule has 1 saturated heterocycles. The van der Waals surface area contributed by atoms with Gasteiger partial charge in [-0.2, -0.15) is 0 Å². The Hall–Kier alpha value is -0.820. The van der Waals surface area contributed by atoms with Crippen molar-refractivity contribution in [1.82, 2.24) is 4.90 Å². The fourth-order valence-corrected chi connectivity index (χ4v) is 2.88. The summed E-state index contributed by atoms with van der Waals surface area (Å²) in [6, 6.07) is 4.92. The molecule has 1 aromatic carbocycles. The molecule has 8 heteroatoms. The molecule has 4 nitrogen and oxygen atoms in total. The monoisotopic (exact) mass is 334 g/mol. The Kier molecular flexibility index (Phi) is 4.67. The van der Waals surface area contributed by atoms with Gasteiger partial charge in [-0.3, -0.25) is 14.5 Å². The van der Waals surface area contributed by atoms with Gasteiger partial charge in [0.25, 0.3) is 0 Å². The molecule has 0 aliphatic carbocycles. The van der Waals surface area contributed by atoms with E-state index in [1.807, 2.05) is 0 Å². The maximum absolute atomic E-state index is 11.8. The number of carbonyl (C=O) groups excluding carboxylic acids is 2. The largest absolute Gasteiger partial charge is 0.323 e. The molecule has 100 valence electrons. The lowest BCUT2D eigenvalue weighted by molar-refractivity contribution is -0.127. The second kappa shape index (κ2) is 6.09. The minimum atomic E-state index is -0.373. The van der Waals surface area contributed by atoms with Crippen molar-refractivity contribution in [3.05, 3.63) is 28.2 Å². The molecule has 1 aliphatic rings. The molecule has 1 heterocycles. The third kappa shape index (κ3) is 3.39. The van der Waals surface area contributed by atoms with E-state index in [1.165, 1.54) is 16.7 Å². The van der Waals surface area contributed by atoms with Gasteiger partial charge in [0.2, 0.25) is 11.8 Å². The summed E-state index contributed by atoms with van der Waals surface area (Å²) in [6.45, 7) is -0.118. The fraction of sp³-hybridized carbons (Fsp3) is 0.182. The molecular weight excluding hydrogens is 327 g/mol. The lowest BCUT2D eigenvalue weighted by Gasteiger charge is -2.15. The highest BCUT2D eigenvalue weighted by Crippen LogP contribution is 2.29. The number of benzene rings is 1. The summed E-state index contributed by atoms with van der Waals surface area (Å²) < 4.78 is 0.414. The van der Waals surface area contributed by atoms with Crippen LogP contribution in [0.25, 0.3) is 0 Å². The van der Waals surface area contributed by atoms with Gasteiger partial charge >= 0.3 is 0 Å². The van der Waals surface area contributed by atoms with E-state index in [2.05, 4.69) is 5.32 Å². The Balaban J connectivity index is 2.04. The molecule has 1 aromatic rings. The van der Waals surface area contributed by atoms with Gasteiger partial charge in [0, 0.05) is 0 Å². The van der Waals surface area contributed by atoms with Gasteiger partial charge in [-0.1, -0.05) is 53.2 Å². The highest BCUT2D eigenvalue weighted by atomic mass is 35.5. The molecule has 1 aliphatic heterocycles. The van der Waals surface area contributed by atoms with E-state index in [1.54, 1.807) is 18.2 Å². The molecule has 0 unspecified atom stereocenters. The van der Waals surface area contributed by atoms with Crippen LogP contribution in [0.1, 0.15) is 0 Å². The maximum Gasteiger partial charge on any atom is 0.244 e. The summed E-state index contributed by atoms with van der Waals surface area (Å²) in [5, 5.41) is 3.22. The van der Waals surface area contributed by atoms with Gasteiger partial charge < -0.3 is 5.32 Å². The number of thiocarbonyl (C=S) groups is 1. The van der Waals surface area contributed by atoms with E-state index in [9.17, 15) is 9.59 Å². The topological polar surface area (TPSA) is 49.4 Å². The van der Waals surface area contributed by atoms with E-state index in [-0.39, 0.29) is 29.1 Å². The number of carbonyl (C=O) groups is 2. The van der Waals surface area contributed by atoms with Gasteiger partial charge in [-0.25, -0.2) is 0 Å². The summed E-state index contributed by atoms with van der Waals surface area (Å²) in [5.41, 5.74) is 0.407. The Morgan fingerprint density at radius 2 is 2.21 bits per heavy atom. The van der Waals surface area contributed by atoms with Crippen LogP contribution in [-0.4, -0.2) is 33.3 Å². The number of rotatable bonds is 3. The SMILES string of the molecule is O=C(CN1C(=O)CSC1=S)Nc1cccc(Cl)c1Cl. The first-order valence-electron chi connectivity index (χ1n) is 5.20. The Bertz CT molecular complexity index is 550. The Labute approximate surface area is 129 Å². The van der Waals surface area contributed by atoms with E-state index in [4.69, 9.17) is 35.4 Å². The van der Waals surface area contributed by atoms with Crippen LogP contribution in [0, 0.1) is 0 Å². The quantitative estimate of drug-likeness (QED) is 0.863. The van der Waals surface area contributed by atoms with Gasteiger partial charge in [0.05, 0.1) is 21.5 Å². The van der Waals surface area contributed by atoms with Crippen molar-refractivity contribution < 1.29 is 9.59 Å². The highest BCUT2D eigenvalue weighted by Gasteiger charge is 2.28. The van der Waals surface area contributed by atoms with Crippen LogP contribution in [0.4, 0.5) is 5.69 Å². The van der Waals surface area contributed by atoms with E-state index in [0.29, 0.717) is 15.0 Å². The average Bonchev–Trinajstić information content (AvgIpc) is 2.67. The molecule has 19 heavy (non-hydrogen) atoms. The molecule has 1 N–H and O–H groups in total. The van der Waals surface area contributed by atoms with Crippen LogP contribution < -0.4 is 5.32 Å². The van der Waals surface area contributed by atoms with Gasteiger partial charge in [0.15, 0.2) is 0 Å². The maximum atomic E-state index is 11.8. The number of nitrogens with one attached hydrogen (secondary N) is 1. The van der Waals surface area contributed by atoms with Crippen molar-refractivity contribution >= 4 is 69.0 Å². The number of hydrogen-bond acceptors (Lipinski definition) is 4. The minimum Gasteiger partial charge on any atom is -0.323 e. The van der Waals surface area contributed by atoms with E-state index in [0.717, 1.165) is 0 Å². The van der Waals surface area contributed by atoms with Crippen LogP contribution in [0.2, 0.25) is 10.0 Å². The first-order chi connectivity index (χ1) is 8.99. The van der Waals surface area contributed by atoms with Crippen molar-refractivity contribution in [1.29, 1.82) is 0 Å². The normalized spacial score (nSPS) is 14.9. The van der Waals surface area contributed by atoms with Crippen molar-refractivity contribution in [3.63, 3.8) is 0 Å². The van der Waals surface area contributed by atoms with Gasteiger partial charge in [-0.05, 0) is 12.1 Å². The molecule has 2 rings (SSSR count). The Morgan fingerprint density at radius 3 is 2.84 bits per heavy atom. The molecule has 0 saturated carbocycles. The van der Waals surface area contributed by atoms with E-state index >= 15 is 0 Å². The summed E-state index contributed by atoms with van der Waals surface area (Å²) in [6.07, 6.45) is 0. The minimum absolute atomic E-state index is 0.118. The summed E-state index contributed by atoms with van der Waals surface area (Å²) in [4.78, 5) is 24.6. The summed E-state index contributed by atoms with van der Waals surface area (Å²) >= 11 is 18.0. The van der Waals surface area contributed by atoms with Crippen LogP contribution in [0.15, 0.2) is 18.2 Å². The molecule has 1 fully saturated rings. The number of halogens is 2. The number of amides is 2. The predicted octanol–water partition coefficient (Wildman–Crippen LogP) is 2.79. The summed E-state index contributed by atoms with van der Waals surface area (Å²) in [7, 11) is 0. The van der Waals surface area contributed by atoms with Gasteiger partial charge in [0.1, 0.15) is 10.9 Å². The first kappa shape index (κ1) is 14.6. The Morgan fingerprint density at radius 1 is 1.47 bits per heavy atom. The fourth-order valence-electron chi connectivity index (χ4n) is 1.47. The molecule has 2 amide bonds. The third-order valence-electron chi connectivity index (χ3n) is 2.37. The lowest BCUT2D eigenvalue weighted by atomic mass is 10.3. The average molecular weight is 335 g/mol.